The van der Waals surface area contributed by atoms with E-state index in [9.17, 15) is 0 Å². The van der Waals surface area contributed by atoms with Crippen molar-refractivity contribution in [2.24, 2.45) is 5.92 Å². The highest BCUT2D eigenvalue weighted by atomic mass is 32.1. The van der Waals surface area contributed by atoms with E-state index in [2.05, 4.69) is 65.0 Å². The summed E-state index contributed by atoms with van der Waals surface area (Å²) in [6.07, 6.45) is 3.35. The maximum Gasteiger partial charge on any atom is 0.119 e. The Kier molecular flexibility index (Phi) is 5.95. The number of nitrogens with one attached hydrogen (secondary N) is 2. The van der Waals surface area contributed by atoms with Gasteiger partial charge in [-0.3, -0.25) is 0 Å². The maximum atomic E-state index is 5.82. The highest BCUT2D eigenvalue weighted by molar-refractivity contribution is 7.80. The van der Waals surface area contributed by atoms with Crippen LogP contribution in [0.3, 0.4) is 0 Å². The Morgan fingerprint density at radius 3 is 2.82 bits per heavy atom. The molecule has 2 N–H and O–H groups in total. The molecule has 1 fully saturated rings. The minimum Gasteiger partial charge on any atom is -0.497 e. The molecule has 0 radical (unpaired) electrons. The van der Waals surface area contributed by atoms with Gasteiger partial charge >= 0.3 is 0 Å². The van der Waals surface area contributed by atoms with E-state index >= 15 is 0 Å². The molecule has 2 heterocycles. The van der Waals surface area contributed by atoms with E-state index in [0.29, 0.717) is 18.0 Å². The molecule has 4 rings (SSSR count). The van der Waals surface area contributed by atoms with Gasteiger partial charge in [-0.25, -0.2) is 0 Å². The number of ether oxygens (including phenoxy) is 1. The lowest BCUT2D eigenvalue weighted by Crippen LogP contribution is -2.49. The van der Waals surface area contributed by atoms with Crippen molar-refractivity contribution in [2.75, 3.05) is 32.1 Å². The molecule has 2 aromatic rings. The van der Waals surface area contributed by atoms with Crippen molar-refractivity contribution in [3.63, 3.8) is 0 Å². The highest BCUT2D eigenvalue weighted by Crippen LogP contribution is 2.33. The molecular weight excluding hydrogens is 366 g/mol. The maximum absolute atomic E-state index is 5.82. The van der Waals surface area contributed by atoms with Gasteiger partial charge in [0.15, 0.2) is 0 Å². The number of piperidine rings is 1. The van der Waals surface area contributed by atoms with E-state index < -0.39 is 0 Å². The van der Waals surface area contributed by atoms with Crippen LogP contribution in [-0.2, 0) is 6.42 Å². The summed E-state index contributed by atoms with van der Waals surface area (Å²) in [5.41, 5.74) is 3.87. The fourth-order valence-corrected chi connectivity index (χ4v) is 4.76. The Bertz CT molecular complexity index is 826. The van der Waals surface area contributed by atoms with Crippen molar-refractivity contribution < 1.29 is 4.74 Å². The molecule has 0 spiro atoms. The van der Waals surface area contributed by atoms with E-state index in [0.717, 1.165) is 30.2 Å². The Morgan fingerprint density at radius 2 is 2.04 bits per heavy atom. The standard InChI is InChI=1S/C23H29N3OS/c1-26-21-11-10-19(27-2)14-17(21)13-18(23(26)28)15-25-20-9-6-12-24-22(20)16-7-4-3-5-8-16/h3-5,7-8,10-11,14,18,20,22,24-25H,6,9,12-13,15H2,1-2H3/t18?,20-,22-/m0/s1. The molecule has 0 aromatic heterocycles. The number of hydrogen-bond donors (Lipinski definition) is 2. The molecule has 5 heteroatoms. The number of nitrogens with zero attached hydrogens (tertiary/aromatic N) is 1. The fraction of sp³-hybridized carbons (Fsp3) is 0.435. The summed E-state index contributed by atoms with van der Waals surface area (Å²) < 4.78 is 5.42. The first-order valence-corrected chi connectivity index (χ1v) is 10.5. The molecule has 0 amide bonds. The molecule has 3 atom stereocenters. The van der Waals surface area contributed by atoms with Crippen LogP contribution >= 0.6 is 12.2 Å². The molecule has 2 aliphatic heterocycles. The van der Waals surface area contributed by atoms with Crippen molar-refractivity contribution in [2.45, 2.75) is 31.3 Å². The number of fused-ring (bicyclic) bond motifs is 1. The van der Waals surface area contributed by atoms with Crippen LogP contribution in [0.5, 0.6) is 5.75 Å². The monoisotopic (exact) mass is 395 g/mol. The Balaban J connectivity index is 1.47. The van der Waals surface area contributed by atoms with Gasteiger partial charge in [-0.2, -0.15) is 0 Å². The van der Waals surface area contributed by atoms with Crippen LogP contribution < -0.4 is 20.3 Å². The van der Waals surface area contributed by atoms with Gasteiger partial charge in [0.05, 0.1) is 12.1 Å². The van der Waals surface area contributed by atoms with Gasteiger partial charge in [-0.15, -0.1) is 0 Å². The van der Waals surface area contributed by atoms with Crippen LogP contribution in [0.1, 0.15) is 30.0 Å². The summed E-state index contributed by atoms with van der Waals surface area (Å²) in [4.78, 5) is 3.18. The molecule has 2 aromatic carbocycles. The minimum atomic E-state index is 0.318. The predicted octanol–water partition coefficient (Wildman–Crippen LogP) is 3.71. The Morgan fingerprint density at radius 1 is 1.21 bits per heavy atom. The lowest BCUT2D eigenvalue weighted by molar-refractivity contribution is 0.300. The normalized spacial score (nSPS) is 24.7. The Hall–Kier alpha value is -1.95. The second-order valence-electron chi connectivity index (χ2n) is 7.79. The lowest BCUT2D eigenvalue weighted by atomic mass is 9.89. The van der Waals surface area contributed by atoms with E-state index in [1.807, 2.05) is 6.07 Å². The number of thiocarbonyl (C=S) groups is 1. The molecule has 2 aliphatic rings. The number of rotatable bonds is 5. The zero-order chi connectivity index (χ0) is 19.5. The third-order valence-electron chi connectivity index (χ3n) is 6.04. The molecule has 1 saturated heterocycles. The van der Waals surface area contributed by atoms with Gasteiger partial charge in [0.25, 0.3) is 0 Å². The summed E-state index contributed by atoms with van der Waals surface area (Å²) in [6.45, 7) is 1.98. The largest absolute Gasteiger partial charge is 0.497 e. The van der Waals surface area contributed by atoms with Crippen molar-refractivity contribution in [1.82, 2.24) is 10.6 Å². The number of anilines is 1. The first-order chi connectivity index (χ1) is 13.7. The summed E-state index contributed by atoms with van der Waals surface area (Å²) in [5, 5.41) is 7.54. The molecule has 4 nitrogen and oxygen atoms in total. The smallest absolute Gasteiger partial charge is 0.119 e. The number of benzene rings is 2. The van der Waals surface area contributed by atoms with Crippen molar-refractivity contribution >= 4 is 22.9 Å². The number of hydrogen-bond acceptors (Lipinski definition) is 4. The van der Waals surface area contributed by atoms with Crippen LogP contribution in [0.15, 0.2) is 48.5 Å². The highest BCUT2D eigenvalue weighted by Gasteiger charge is 2.30. The molecule has 148 valence electrons. The van der Waals surface area contributed by atoms with Gasteiger partial charge < -0.3 is 20.3 Å². The predicted molar refractivity (Wildman–Crippen MR) is 119 cm³/mol. The summed E-state index contributed by atoms with van der Waals surface area (Å²) >= 11 is 5.82. The molecule has 28 heavy (non-hydrogen) atoms. The average molecular weight is 396 g/mol. The first-order valence-electron chi connectivity index (χ1n) is 10.1. The van der Waals surface area contributed by atoms with Crippen LogP contribution in [0.25, 0.3) is 0 Å². The van der Waals surface area contributed by atoms with Gasteiger partial charge in [-0.1, -0.05) is 42.5 Å². The number of methoxy groups -OCH3 is 1. The summed E-state index contributed by atoms with van der Waals surface area (Å²) in [6, 6.07) is 17.8. The van der Waals surface area contributed by atoms with Gasteiger partial charge in [-0.05, 0) is 55.1 Å². The summed E-state index contributed by atoms with van der Waals surface area (Å²) in [7, 11) is 3.80. The van der Waals surface area contributed by atoms with E-state index in [-0.39, 0.29) is 0 Å². The van der Waals surface area contributed by atoms with Crippen molar-refractivity contribution in [3.05, 3.63) is 59.7 Å². The zero-order valence-electron chi connectivity index (χ0n) is 16.7. The second-order valence-corrected chi connectivity index (χ2v) is 8.21. The molecular formula is C23H29N3OS. The van der Waals surface area contributed by atoms with Crippen LogP contribution in [0.4, 0.5) is 5.69 Å². The summed E-state index contributed by atoms with van der Waals surface area (Å²) in [5.74, 6) is 1.23. The van der Waals surface area contributed by atoms with Crippen molar-refractivity contribution in [1.29, 1.82) is 0 Å². The van der Waals surface area contributed by atoms with Crippen LogP contribution in [0.2, 0.25) is 0 Å². The lowest BCUT2D eigenvalue weighted by Gasteiger charge is -2.38. The minimum absolute atomic E-state index is 0.318. The molecule has 0 saturated carbocycles. The zero-order valence-corrected chi connectivity index (χ0v) is 17.5. The second kappa shape index (κ2) is 8.60. The van der Waals surface area contributed by atoms with Crippen LogP contribution in [-0.4, -0.2) is 38.3 Å². The third kappa shape index (κ3) is 3.93. The van der Waals surface area contributed by atoms with Gasteiger partial charge in [0.1, 0.15) is 5.75 Å². The fourth-order valence-electron chi connectivity index (χ4n) is 4.50. The average Bonchev–Trinajstić information content (AvgIpc) is 2.75. The SMILES string of the molecule is COc1ccc2c(c1)CC(CN[C@H]1CCCN[C@H]1c1ccccc1)C(=S)N2C. The molecule has 1 unspecified atom stereocenters. The van der Waals surface area contributed by atoms with E-state index in [1.54, 1.807) is 7.11 Å². The quantitative estimate of drug-likeness (QED) is 0.755. The van der Waals surface area contributed by atoms with Crippen LogP contribution in [0, 0.1) is 5.92 Å². The third-order valence-corrected chi connectivity index (χ3v) is 6.64. The topological polar surface area (TPSA) is 36.5 Å². The Labute approximate surface area is 173 Å². The van der Waals surface area contributed by atoms with E-state index in [1.165, 1.54) is 29.7 Å². The van der Waals surface area contributed by atoms with Gasteiger partial charge in [0, 0.05) is 37.3 Å². The van der Waals surface area contributed by atoms with E-state index in [4.69, 9.17) is 17.0 Å². The molecule has 0 aliphatic carbocycles. The first kappa shape index (κ1) is 19.4. The molecule has 0 bridgehead atoms. The van der Waals surface area contributed by atoms with Crippen molar-refractivity contribution in [3.8, 4) is 5.75 Å². The van der Waals surface area contributed by atoms with Gasteiger partial charge in [0.2, 0.25) is 0 Å².